The molecule has 6 nitrogen and oxygen atoms in total. The molecule has 2 fully saturated rings. The molecular weight excluding hydrogens is 480 g/mol. The molecule has 2 aliphatic heterocycles. The quantitative estimate of drug-likeness (QED) is 0.509. The number of aliphatic hydroxyl groups is 1. The number of nitrogens with one attached hydrogen (secondary N) is 3. The van der Waals surface area contributed by atoms with E-state index < -0.39 is 34.8 Å². The Labute approximate surface area is 207 Å². The largest absolute Gasteiger partial charge is 0.390 e. The number of hydrogen-bond acceptors (Lipinski definition) is 4. The van der Waals surface area contributed by atoms with E-state index in [9.17, 15) is 14.7 Å². The molecule has 2 amide bonds. The van der Waals surface area contributed by atoms with Gasteiger partial charge in [0.1, 0.15) is 11.2 Å². The first-order valence-electron chi connectivity index (χ1n) is 11.4. The van der Waals surface area contributed by atoms with Gasteiger partial charge in [-0.05, 0) is 62.4 Å². The standard InChI is InChI=1S/C25H26Cl2FN3O3/c1-12-25(16-7-6-13(26)10-18(16)31-23(25)33)19(15-4-3-5-17(27)20(15)28)21(29-12)22(32)30-14-8-9-24(2,34)11-14/h3-7,10,12,14,19,21,29,34H,8-9,11H2,1-2H3,(H,30,32)(H,31,33). The van der Waals surface area contributed by atoms with Crippen LogP contribution in [0.2, 0.25) is 10.0 Å². The summed E-state index contributed by atoms with van der Waals surface area (Å²) >= 11 is 12.3. The molecule has 1 saturated carbocycles. The summed E-state index contributed by atoms with van der Waals surface area (Å²) in [4.78, 5) is 27.2. The van der Waals surface area contributed by atoms with Crippen molar-refractivity contribution in [3.63, 3.8) is 0 Å². The number of rotatable bonds is 3. The van der Waals surface area contributed by atoms with Crippen LogP contribution in [0.1, 0.15) is 50.2 Å². The number of anilines is 1. The van der Waals surface area contributed by atoms with Gasteiger partial charge in [0.05, 0.1) is 16.7 Å². The smallest absolute Gasteiger partial charge is 0.238 e. The van der Waals surface area contributed by atoms with Gasteiger partial charge in [-0.15, -0.1) is 0 Å². The maximum absolute atomic E-state index is 15.5. The molecule has 2 heterocycles. The lowest BCUT2D eigenvalue weighted by molar-refractivity contribution is -0.124. The number of halogens is 3. The number of carbonyl (C=O) groups is 2. The molecule has 2 aromatic carbocycles. The third-order valence-electron chi connectivity index (χ3n) is 7.65. The lowest BCUT2D eigenvalue weighted by Crippen LogP contribution is -2.49. The minimum Gasteiger partial charge on any atom is -0.390 e. The summed E-state index contributed by atoms with van der Waals surface area (Å²) in [7, 11) is 0. The van der Waals surface area contributed by atoms with Crippen molar-refractivity contribution in [1.82, 2.24) is 10.6 Å². The van der Waals surface area contributed by atoms with Gasteiger partial charge in [-0.2, -0.15) is 0 Å². The fourth-order valence-corrected chi connectivity index (χ4v) is 6.50. The second kappa shape index (κ2) is 8.19. The van der Waals surface area contributed by atoms with Gasteiger partial charge < -0.3 is 21.1 Å². The molecule has 180 valence electrons. The van der Waals surface area contributed by atoms with Crippen LogP contribution in [0.3, 0.4) is 0 Å². The highest BCUT2D eigenvalue weighted by molar-refractivity contribution is 6.31. The monoisotopic (exact) mass is 505 g/mol. The van der Waals surface area contributed by atoms with Gasteiger partial charge in [0.15, 0.2) is 0 Å². The fourth-order valence-electron chi connectivity index (χ4n) is 6.14. The molecule has 34 heavy (non-hydrogen) atoms. The Kier molecular flexibility index (Phi) is 5.67. The van der Waals surface area contributed by atoms with Crippen LogP contribution in [0.5, 0.6) is 0 Å². The molecule has 5 rings (SSSR count). The number of benzene rings is 2. The van der Waals surface area contributed by atoms with Crippen LogP contribution >= 0.6 is 23.2 Å². The normalized spacial score (nSPS) is 34.4. The van der Waals surface area contributed by atoms with Crippen LogP contribution in [0.4, 0.5) is 10.1 Å². The summed E-state index contributed by atoms with van der Waals surface area (Å²) in [6, 6.07) is 8.15. The SMILES string of the molecule is CC1NC(C(=O)NC2CCC(C)(O)C2)C(c2cccc(Cl)c2F)C12C(=O)Nc1cc(Cl)ccc12. The van der Waals surface area contributed by atoms with Crippen molar-refractivity contribution in [2.24, 2.45) is 0 Å². The van der Waals surface area contributed by atoms with Gasteiger partial charge >= 0.3 is 0 Å². The molecule has 6 atom stereocenters. The molecule has 2 aromatic rings. The van der Waals surface area contributed by atoms with E-state index in [1.165, 1.54) is 6.07 Å². The molecule has 1 aliphatic carbocycles. The lowest BCUT2D eigenvalue weighted by atomic mass is 9.65. The van der Waals surface area contributed by atoms with Crippen LogP contribution < -0.4 is 16.0 Å². The summed E-state index contributed by atoms with van der Waals surface area (Å²) in [6.07, 6.45) is 1.66. The molecule has 6 unspecified atom stereocenters. The average Bonchev–Trinajstić information content (AvgIpc) is 3.36. The molecule has 0 aromatic heterocycles. The van der Waals surface area contributed by atoms with E-state index in [4.69, 9.17) is 23.2 Å². The van der Waals surface area contributed by atoms with E-state index in [0.717, 1.165) is 0 Å². The summed E-state index contributed by atoms with van der Waals surface area (Å²) in [5.41, 5.74) is -0.690. The predicted octanol–water partition coefficient (Wildman–Crippen LogP) is 3.89. The first-order chi connectivity index (χ1) is 16.0. The number of hydrogen-bond donors (Lipinski definition) is 4. The third-order valence-corrected chi connectivity index (χ3v) is 8.18. The topological polar surface area (TPSA) is 90.5 Å². The molecule has 1 spiro atoms. The average molecular weight is 506 g/mol. The number of amides is 2. The van der Waals surface area contributed by atoms with Crippen molar-refractivity contribution < 1.29 is 19.1 Å². The molecule has 9 heteroatoms. The Morgan fingerprint density at radius 2 is 2.03 bits per heavy atom. The minimum atomic E-state index is -1.26. The maximum atomic E-state index is 15.5. The Balaban J connectivity index is 1.62. The zero-order chi connectivity index (χ0) is 24.4. The van der Waals surface area contributed by atoms with Gasteiger partial charge in [0, 0.05) is 28.7 Å². The van der Waals surface area contributed by atoms with Crippen LogP contribution in [0, 0.1) is 5.82 Å². The second-order valence-corrected chi connectivity index (χ2v) is 10.8. The second-order valence-electron chi connectivity index (χ2n) is 9.95. The molecule has 1 saturated heterocycles. The highest BCUT2D eigenvalue weighted by Crippen LogP contribution is 2.55. The number of fused-ring (bicyclic) bond motifs is 2. The molecule has 4 N–H and O–H groups in total. The van der Waals surface area contributed by atoms with Crippen molar-refractivity contribution >= 4 is 40.7 Å². The van der Waals surface area contributed by atoms with Gasteiger partial charge in [0.2, 0.25) is 11.8 Å². The minimum absolute atomic E-state index is 0.0760. The van der Waals surface area contributed by atoms with Gasteiger partial charge in [-0.25, -0.2) is 4.39 Å². The molecule has 3 aliphatic rings. The first kappa shape index (κ1) is 23.5. The van der Waals surface area contributed by atoms with Crippen LogP contribution in [0.15, 0.2) is 36.4 Å². The predicted molar refractivity (Wildman–Crippen MR) is 129 cm³/mol. The van der Waals surface area contributed by atoms with Crippen molar-refractivity contribution in [3.05, 3.63) is 63.4 Å². The lowest BCUT2D eigenvalue weighted by Gasteiger charge is -2.34. The maximum Gasteiger partial charge on any atom is 0.238 e. The van der Waals surface area contributed by atoms with Gasteiger partial charge in [-0.3, -0.25) is 9.59 Å². The Bertz CT molecular complexity index is 1190. The number of carbonyl (C=O) groups excluding carboxylic acids is 2. The van der Waals surface area contributed by atoms with Crippen LogP contribution in [0.25, 0.3) is 0 Å². The summed E-state index contributed by atoms with van der Waals surface area (Å²) in [6.45, 7) is 3.57. The Morgan fingerprint density at radius 1 is 1.26 bits per heavy atom. The third kappa shape index (κ3) is 3.52. The summed E-state index contributed by atoms with van der Waals surface area (Å²) in [5.74, 6) is -2.19. The van der Waals surface area contributed by atoms with Crippen molar-refractivity contribution in [1.29, 1.82) is 0 Å². The van der Waals surface area contributed by atoms with Crippen molar-refractivity contribution in [2.45, 2.75) is 68.2 Å². The molecular formula is C25H26Cl2FN3O3. The van der Waals surface area contributed by atoms with E-state index in [1.807, 2.05) is 6.92 Å². The van der Waals surface area contributed by atoms with Gasteiger partial charge in [-0.1, -0.05) is 41.4 Å². The van der Waals surface area contributed by atoms with E-state index in [-0.39, 0.29) is 28.4 Å². The van der Waals surface area contributed by atoms with E-state index >= 15 is 4.39 Å². The van der Waals surface area contributed by atoms with Gasteiger partial charge in [0.25, 0.3) is 0 Å². The van der Waals surface area contributed by atoms with Crippen LogP contribution in [-0.2, 0) is 15.0 Å². The molecule has 0 bridgehead atoms. The Morgan fingerprint density at radius 3 is 2.74 bits per heavy atom. The van der Waals surface area contributed by atoms with E-state index in [0.29, 0.717) is 35.5 Å². The fraction of sp³-hybridized carbons (Fsp3) is 0.440. The summed E-state index contributed by atoms with van der Waals surface area (Å²) in [5, 5.41) is 19.9. The van der Waals surface area contributed by atoms with E-state index in [2.05, 4.69) is 16.0 Å². The van der Waals surface area contributed by atoms with Crippen molar-refractivity contribution in [3.8, 4) is 0 Å². The Hall–Kier alpha value is -2.19. The summed E-state index contributed by atoms with van der Waals surface area (Å²) < 4.78 is 15.5. The highest BCUT2D eigenvalue weighted by Gasteiger charge is 2.64. The highest BCUT2D eigenvalue weighted by atomic mass is 35.5. The van der Waals surface area contributed by atoms with E-state index in [1.54, 1.807) is 37.3 Å². The van der Waals surface area contributed by atoms with Crippen molar-refractivity contribution in [2.75, 3.05) is 5.32 Å². The molecule has 0 radical (unpaired) electrons. The first-order valence-corrected chi connectivity index (χ1v) is 12.1. The zero-order valence-electron chi connectivity index (χ0n) is 18.8. The van der Waals surface area contributed by atoms with Crippen LogP contribution in [-0.4, -0.2) is 40.6 Å². The zero-order valence-corrected chi connectivity index (χ0v) is 20.3.